The van der Waals surface area contributed by atoms with Crippen LogP contribution in [0.2, 0.25) is 0 Å². The lowest BCUT2D eigenvalue weighted by molar-refractivity contribution is -0.115. The number of anilines is 1. The highest BCUT2D eigenvalue weighted by Gasteiger charge is 2.21. The molecule has 3 rings (SSSR count). The number of hydrogen-bond acceptors (Lipinski definition) is 6. The van der Waals surface area contributed by atoms with Gasteiger partial charge in [0.2, 0.25) is 5.91 Å². The van der Waals surface area contributed by atoms with E-state index in [-0.39, 0.29) is 17.5 Å². The van der Waals surface area contributed by atoms with E-state index >= 15 is 0 Å². The van der Waals surface area contributed by atoms with Gasteiger partial charge in [-0.3, -0.25) is 14.2 Å². The topological polar surface area (TPSA) is 90.0 Å². The van der Waals surface area contributed by atoms with E-state index in [0.717, 1.165) is 0 Å². The molecule has 26 heavy (non-hydrogen) atoms. The maximum atomic E-state index is 12.8. The molecule has 0 fully saturated rings. The molecular formula is C18H20N4O3S. The summed E-state index contributed by atoms with van der Waals surface area (Å²) in [5, 5.41) is 7.08. The highest BCUT2D eigenvalue weighted by Crippen LogP contribution is 2.25. The Morgan fingerprint density at radius 2 is 2.00 bits per heavy atom. The van der Waals surface area contributed by atoms with Gasteiger partial charge in [0.15, 0.2) is 11.0 Å². The average Bonchev–Trinajstić information content (AvgIpc) is 2.99. The first-order valence-corrected chi connectivity index (χ1v) is 9.17. The number of carbonyl (C=O) groups is 1. The zero-order chi connectivity index (χ0) is 18.8. The molecule has 2 heterocycles. The number of nitrogens with one attached hydrogen (secondary N) is 1. The van der Waals surface area contributed by atoms with Crippen LogP contribution in [-0.4, -0.2) is 25.9 Å². The molecule has 3 aromatic rings. The van der Waals surface area contributed by atoms with Crippen molar-refractivity contribution in [1.29, 1.82) is 0 Å². The number of para-hydroxylation sites is 1. The molecule has 0 aliphatic heterocycles. The van der Waals surface area contributed by atoms with Crippen molar-refractivity contribution in [2.45, 2.75) is 44.1 Å². The van der Waals surface area contributed by atoms with Gasteiger partial charge in [0.05, 0.1) is 16.2 Å². The molecule has 1 atom stereocenters. The monoisotopic (exact) mass is 372 g/mol. The highest BCUT2D eigenvalue weighted by atomic mass is 32.2. The number of amides is 1. The van der Waals surface area contributed by atoms with Crippen LogP contribution in [0, 0.1) is 6.92 Å². The molecule has 0 aliphatic carbocycles. The van der Waals surface area contributed by atoms with Gasteiger partial charge >= 0.3 is 0 Å². The lowest BCUT2D eigenvalue weighted by Gasteiger charge is -2.18. The van der Waals surface area contributed by atoms with Crippen molar-refractivity contribution in [2.75, 3.05) is 5.32 Å². The zero-order valence-electron chi connectivity index (χ0n) is 15.0. The first-order valence-electron chi connectivity index (χ1n) is 8.29. The summed E-state index contributed by atoms with van der Waals surface area (Å²) >= 11 is 1.24. The number of aryl methyl sites for hydroxylation is 1. The second-order valence-electron chi connectivity index (χ2n) is 6.25. The summed E-state index contributed by atoms with van der Waals surface area (Å²) in [6.07, 6.45) is 0. The molecule has 136 valence electrons. The molecule has 0 saturated heterocycles. The minimum absolute atomic E-state index is 0.0736. The van der Waals surface area contributed by atoms with E-state index in [1.165, 1.54) is 11.8 Å². The van der Waals surface area contributed by atoms with Crippen molar-refractivity contribution in [3.8, 4) is 0 Å². The van der Waals surface area contributed by atoms with Gasteiger partial charge in [-0.25, -0.2) is 4.98 Å². The average molecular weight is 372 g/mol. The van der Waals surface area contributed by atoms with Crippen LogP contribution in [0.5, 0.6) is 0 Å². The summed E-state index contributed by atoms with van der Waals surface area (Å²) in [5.74, 6) is 0.749. The molecule has 0 saturated carbocycles. The summed E-state index contributed by atoms with van der Waals surface area (Å²) in [7, 11) is 0. The molecule has 1 amide bonds. The van der Waals surface area contributed by atoms with Crippen molar-refractivity contribution in [2.24, 2.45) is 0 Å². The van der Waals surface area contributed by atoms with Gasteiger partial charge in [0, 0.05) is 12.1 Å². The molecule has 1 N–H and O–H groups in total. The largest absolute Gasteiger partial charge is 0.360 e. The number of fused-ring (bicyclic) bond motifs is 1. The van der Waals surface area contributed by atoms with E-state index in [0.29, 0.717) is 27.6 Å². The second kappa shape index (κ2) is 7.33. The SMILES string of the molecule is Cc1cc(NC(=O)[C@@H](C)Sc2nc3ccccc3c(=O)n2C(C)C)no1. The van der Waals surface area contributed by atoms with Crippen LogP contribution in [0.15, 0.2) is 44.8 Å². The van der Waals surface area contributed by atoms with Crippen molar-refractivity contribution < 1.29 is 9.32 Å². The Morgan fingerprint density at radius 3 is 2.65 bits per heavy atom. The molecule has 7 nitrogen and oxygen atoms in total. The van der Waals surface area contributed by atoms with Crippen LogP contribution in [0.3, 0.4) is 0 Å². The smallest absolute Gasteiger partial charge is 0.262 e. The van der Waals surface area contributed by atoms with Gasteiger partial charge in [-0.2, -0.15) is 0 Å². The Labute approximate surface area is 154 Å². The third kappa shape index (κ3) is 3.65. The fourth-order valence-electron chi connectivity index (χ4n) is 2.53. The van der Waals surface area contributed by atoms with Crippen molar-refractivity contribution in [1.82, 2.24) is 14.7 Å². The standard InChI is InChI=1S/C18H20N4O3S/c1-10(2)22-17(24)13-7-5-6-8-14(13)19-18(22)26-12(4)16(23)20-15-9-11(3)25-21-15/h5-10,12H,1-4H3,(H,20,21,23)/t12-/m1/s1. The fraction of sp³-hybridized carbons (Fsp3) is 0.333. The summed E-state index contributed by atoms with van der Waals surface area (Å²) < 4.78 is 6.57. The molecule has 0 radical (unpaired) electrons. The highest BCUT2D eigenvalue weighted by molar-refractivity contribution is 8.00. The van der Waals surface area contributed by atoms with Gasteiger partial charge < -0.3 is 9.84 Å². The summed E-state index contributed by atoms with van der Waals surface area (Å²) in [4.78, 5) is 29.9. The van der Waals surface area contributed by atoms with Crippen LogP contribution in [-0.2, 0) is 4.79 Å². The van der Waals surface area contributed by atoms with Crippen LogP contribution in [0.25, 0.3) is 10.9 Å². The Balaban J connectivity index is 1.90. The van der Waals surface area contributed by atoms with Crippen LogP contribution in [0.4, 0.5) is 5.82 Å². The minimum atomic E-state index is -0.468. The van der Waals surface area contributed by atoms with Gasteiger partial charge in [0.25, 0.3) is 5.56 Å². The van der Waals surface area contributed by atoms with Gasteiger partial charge in [-0.05, 0) is 39.8 Å². The summed E-state index contributed by atoms with van der Waals surface area (Å²) in [6, 6.07) is 8.80. The molecule has 8 heteroatoms. The molecular weight excluding hydrogens is 352 g/mol. The van der Waals surface area contributed by atoms with Crippen molar-refractivity contribution in [3.63, 3.8) is 0 Å². The summed E-state index contributed by atoms with van der Waals surface area (Å²) in [5.41, 5.74) is 0.518. The van der Waals surface area contributed by atoms with E-state index in [1.54, 1.807) is 36.6 Å². The molecule has 0 spiro atoms. The number of thioether (sulfide) groups is 1. The van der Waals surface area contributed by atoms with E-state index in [2.05, 4.69) is 15.5 Å². The number of benzene rings is 1. The maximum absolute atomic E-state index is 12.8. The molecule has 2 aromatic heterocycles. The van der Waals surface area contributed by atoms with E-state index in [1.807, 2.05) is 26.0 Å². The van der Waals surface area contributed by atoms with Crippen molar-refractivity contribution in [3.05, 3.63) is 46.4 Å². The van der Waals surface area contributed by atoms with E-state index in [4.69, 9.17) is 4.52 Å². The Morgan fingerprint density at radius 1 is 1.27 bits per heavy atom. The lowest BCUT2D eigenvalue weighted by atomic mass is 10.2. The van der Waals surface area contributed by atoms with Crippen molar-refractivity contribution >= 4 is 34.4 Å². The first-order chi connectivity index (χ1) is 12.4. The third-order valence-corrected chi connectivity index (χ3v) is 4.89. The second-order valence-corrected chi connectivity index (χ2v) is 7.56. The predicted octanol–water partition coefficient (Wildman–Crippen LogP) is 3.39. The Bertz CT molecular complexity index is 1010. The van der Waals surface area contributed by atoms with Gasteiger partial charge in [-0.15, -0.1) is 0 Å². The fourth-order valence-corrected chi connectivity index (χ4v) is 3.57. The van der Waals surface area contributed by atoms with Gasteiger partial charge in [0.1, 0.15) is 5.76 Å². The molecule has 0 bridgehead atoms. The number of rotatable bonds is 5. The first kappa shape index (κ1) is 18.2. The Kier molecular flexibility index (Phi) is 5.13. The number of nitrogens with zero attached hydrogens (tertiary/aromatic N) is 3. The third-order valence-electron chi connectivity index (χ3n) is 3.82. The number of carbonyl (C=O) groups excluding carboxylic acids is 1. The summed E-state index contributed by atoms with van der Waals surface area (Å²) in [6.45, 7) is 7.36. The lowest BCUT2D eigenvalue weighted by Crippen LogP contribution is -2.28. The minimum Gasteiger partial charge on any atom is -0.360 e. The number of aromatic nitrogens is 3. The van der Waals surface area contributed by atoms with Gasteiger partial charge in [-0.1, -0.05) is 29.1 Å². The van der Waals surface area contributed by atoms with Crippen LogP contribution in [0.1, 0.15) is 32.6 Å². The Hall–Kier alpha value is -2.61. The quantitative estimate of drug-likeness (QED) is 0.545. The number of hydrogen-bond donors (Lipinski definition) is 1. The molecule has 1 aromatic carbocycles. The van der Waals surface area contributed by atoms with Crippen LogP contribution < -0.4 is 10.9 Å². The predicted molar refractivity (Wildman–Crippen MR) is 102 cm³/mol. The normalized spacial score (nSPS) is 12.5. The molecule has 0 unspecified atom stereocenters. The maximum Gasteiger partial charge on any atom is 0.262 e. The zero-order valence-corrected chi connectivity index (χ0v) is 15.8. The van der Waals surface area contributed by atoms with E-state index in [9.17, 15) is 9.59 Å². The van der Waals surface area contributed by atoms with E-state index < -0.39 is 5.25 Å². The van der Waals surface area contributed by atoms with Crippen LogP contribution >= 0.6 is 11.8 Å². The molecule has 0 aliphatic rings.